The fourth-order valence-corrected chi connectivity index (χ4v) is 0.803. The van der Waals surface area contributed by atoms with E-state index in [1.54, 1.807) is 6.08 Å². The Morgan fingerprint density at radius 3 is 3.00 bits per heavy atom. The molecule has 0 bridgehead atoms. The van der Waals surface area contributed by atoms with Crippen LogP contribution in [0.2, 0.25) is 0 Å². The summed E-state index contributed by atoms with van der Waals surface area (Å²) in [5, 5.41) is 8.96. The fraction of sp³-hybridized carbons (Fsp3) is 0.600. The van der Waals surface area contributed by atoms with Crippen LogP contribution in [-0.4, -0.2) is 11.2 Å². The van der Waals surface area contributed by atoms with Crippen LogP contribution >= 0.6 is 0 Å². The molecule has 0 aliphatic heterocycles. The van der Waals surface area contributed by atoms with Crippen LogP contribution in [0.5, 0.6) is 0 Å². The maximum absolute atomic E-state index is 9.70. The van der Waals surface area contributed by atoms with Crippen molar-refractivity contribution in [2.45, 2.75) is 18.9 Å². The highest BCUT2D eigenvalue weighted by molar-refractivity contribution is 4.96. The van der Waals surface area contributed by atoms with Gasteiger partial charge < -0.3 is 4.84 Å². The Morgan fingerprint density at radius 2 is 2.56 bits per heavy atom. The summed E-state index contributed by atoms with van der Waals surface area (Å²) in [6.45, 7) is 0. The molecule has 1 rings (SSSR count). The lowest BCUT2D eigenvalue weighted by atomic mass is 10.3. The summed E-state index contributed by atoms with van der Waals surface area (Å²) >= 11 is 0. The first-order valence-electron chi connectivity index (χ1n) is 2.77. The van der Waals surface area contributed by atoms with Gasteiger partial charge in [0, 0.05) is 0 Å². The van der Waals surface area contributed by atoms with Gasteiger partial charge in [0.2, 0.25) is 0 Å². The van der Waals surface area contributed by atoms with Crippen molar-refractivity contribution in [1.29, 1.82) is 0 Å². The summed E-state index contributed by atoms with van der Waals surface area (Å²) in [7, 11) is 0. The normalized spacial score (nSPS) is 24.2. The van der Waals surface area contributed by atoms with Gasteiger partial charge in [-0.25, -0.2) is 0 Å². The number of rotatable bonds is 2. The van der Waals surface area contributed by atoms with Gasteiger partial charge in [-0.3, -0.25) is 0 Å². The molecule has 0 aromatic heterocycles. The zero-order valence-corrected chi connectivity index (χ0v) is 4.82. The zero-order chi connectivity index (χ0) is 6.69. The van der Waals surface area contributed by atoms with E-state index in [0.29, 0.717) is 0 Å². The van der Waals surface area contributed by atoms with Crippen LogP contribution in [0.1, 0.15) is 12.8 Å². The SMILES string of the molecule is O=[N+]([O-])OC1C=CCC1. The number of nitrogens with zero attached hydrogens (tertiary/aromatic N) is 1. The van der Waals surface area contributed by atoms with E-state index in [2.05, 4.69) is 4.84 Å². The van der Waals surface area contributed by atoms with Crippen molar-refractivity contribution in [3.8, 4) is 0 Å². The zero-order valence-electron chi connectivity index (χ0n) is 4.82. The highest BCUT2D eigenvalue weighted by Gasteiger charge is 2.11. The molecule has 1 unspecified atom stereocenters. The average molecular weight is 129 g/mol. The third-order valence-corrected chi connectivity index (χ3v) is 1.19. The minimum Gasteiger partial charge on any atom is -0.306 e. The van der Waals surface area contributed by atoms with Crippen LogP contribution in [-0.2, 0) is 4.84 Å². The molecule has 0 heterocycles. The average Bonchev–Trinajstić information content (AvgIpc) is 2.15. The lowest BCUT2D eigenvalue weighted by molar-refractivity contribution is -0.765. The molecule has 0 aromatic carbocycles. The summed E-state index contributed by atoms with van der Waals surface area (Å²) in [5.41, 5.74) is 0. The Kier molecular flexibility index (Phi) is 1.67. The lowest BCUT2D eigenvalue weighted by Gasteiger charge is -2.01. The molecule has 4 nitrogen and oxygen atoms in total. The van der Waals surface area contributed by atoms with E-state index in [9.17, 15) is 10.1 Å². The molecule has 0 saturated heterocycles. The summed E-state index contributed by atoms with van der Waals surface area (Å²) in [5.74, 6) is 0. The second-order valence-corrected chi connectivity index (χ2v) is 1.87. The number of hydrogen-bond acceptors (Lipinski definition) is 3. The maximum Gasteiger partial charge on any atom is 0.295 e. The minimum absolute atomic E-state index is 0.292. The third-order valence-electron chi connectivity index (χ3n) is 1.19. The van der Waals surface area contributed by atoms with E-state index in [1.165, 1.54) is 0 Å². The molecule has 0 radical (unpaired) electrons. The van der Waals surface area contributed by atoms with E-state index >= 15 is 0 Å². The molecule has 0 aromatic rings. The minimum atomic E-state index is -0.750. The van der Waals surface area contributed by atoms with E-state index in [0.717, 1.165) is 12.8 Å². The van der Waals surface area contributed by atoms with Crippen molar-refractivity contribution in [3.05, 3.63) is 22.3 Å². The predicted octanol–water partition coefficient (Wildman–Crippen LogP) is 0.913. The second-order valence-electron chi connectivity index (χ2n) is 1.87. The van der Waals surface area contributed by atoms with E-state index < -0.39 is 5.09 Å². The van der Waals surface area contributed by atoms with Gasteiger partial charge in [-0.1, -0.05) is 12.2 Å². The van der Waals surface area contributed by atoms with Gasteiger partial charge in [0.1, 0.15) is 6.10 Å². The second kappa shape index (κ2) is 2.48. The van der Waals surface area contributed by atoms with E-state index in [-0.39, 0.29) is 6.10 Å². The molecule has 0 saturated carbocycles. The predicted molar refractivity (Wildman–Crippen MR) is 30.2 cm³/mol. The maximum atomic E-state index is 9.70. The van der Waals surface area contributed by atoms with E-state index in [4.69, 9.17) is 0 Å². The Hall–Kier alpha value is -1.06. The third kappa shape index (κ3) is 1.71. The van der Waals surface area contributed by atoms with Crippen LogP contribution in [0, 0.1) is 10.1 Å². The Bertz CT molecular complexity index is 143. The van der Waals surface area contributed by atoms with Crippen molar-refractivity contribution in [3.63, 3.8) is 0 Å². The quantitative estimate of drug-likeness (QED) is 0.316. The van der Waals surface area contributed by atoms with Gasteiger partial charge in [0.15, 0.2) is 0 Å². The summed E-state index contributed by atoms with van der Waals surface area (Å²) in [6, 6.07) is 0. The highest BCUT2D eigenvalue weighted by atomic mass is 17.0. The van der Waals surface area contributed by atoms with Crippen molar-refractivity contribution >= 4 is 0 Å². The topological polar surface area (TPSA) is 52.4 Å². The van der Waals surface area contributed by atoms with Crippen LogP contribution < -0.4 is 0 Å². The first-order valence-corrected chi connectivity index (χ1v) is 2.77. The molecule has 1 aliphatic rings. The Balaban J connectivity index is 2.28. The highest BCUT2D eigenvalue weighted by Crippen LogP contribution is 2.12. The van der Waals surface area contributed by atoms with Gasteiger partial charge in [-0.05, 0) is 12.8 Å². The fourth-order valence-electron chi connectivity index (χ4n) is 0.803. The molecule has 1 aliphatic carbocycles. The summed E-state index contributed by atoms with van der Waals surface area (Å²) in [6.07, 6.45) is 4.93. The van der Waals surface area contributed by atoms with Crippen LogP contribution in [0.15, 0.2) is 12.2 Å². The first kappa shape index (κ1) is 6.07. The van der Waals surface area contributed by atoms with Gasteiger partial charge in [0.05, 0.1) is 0 Å². The molecule has 0 spiro atoms. The van der Waals surface area contributed by atoms with Crippen molar-refractivity contribution in [2.75, 3.05) is 0 Å². The molecule has 0 amide bonds. The first-order chi connectivity index (χ1) is 4.29. The van der Waals surface area contributed by atoms with Gasteiger partial charge in [0.25, 0.3) is 5.09 Å². The van der Waals surface area contributed by atoms with Crippen LogP contribution in [0.25, 0.3) is 0 Å². The van der Waals surface area contributed by atoms with Gasteiger partial charge >= 0.3 is 0 Å². The van der Waals surface area contributed by atoms with E-state index in [1.807, 2.05) is 6.08 Å². The summed E-state index contributed by atoms with van der Waals surface area (Å²) < 4.78 is 0. The molecule has 0 N–H and O–H groups in total. The van der Waals surface area contributed by atoms with Crippen molar-refractivity contribution in [2.24, 2.45) is 0 Å². The largest absolute Gasteiger partial charge is 0.306 e. The monoisotopic (exact) mass is 129 g/mol. The number of hydrogen-bond donors (Lipinski definition) is 0. The molecule has 4 heteroatoms. The Labute approximate surface area is 52.2 Å². The van der Waals surface area contributed by atoms with Crippen LogP contribution in [0.3, 0.4) is 0 Å². The van der Waals surface area contributed by atoms with Crippen molar-refractivity contribution < 1.29 is 9.92 Å². The molecular formula is C5H7NO3. The molecular weight excluding hydrogens is 122 g/mol. The Morgan fingerprint density at radius 1 is 1.78 bits per heavy atom. The standard InChI is InChI=1S/C5H7NO3/c7-6(8)9-5-3-1-2-4-5/h1,3,5H,2,4H2. The van der Waals surface area contributed by atoms with Gasteiger partial charge in [-0.15, -0.1) is 10.1 Å². The molecule has 0 fully saturated rings. The smallest absolute Gasteiger partial charge is 0.295 e. The number of allylic oxidation sites excluding steroid dienone is 1. The van der Waals surface area contributed by atoms with Crippen LogP contribution in [0.4, 0.5) is 0 Å². The summed E-state index contributed by atoms with van der Waals surface area (Å²) in [4.78, 5) is 14.0. The lowest BCUT2D eigenvalue weighted by Crippen LogP contribution is -2.11. The van der Waals surface area contributed by atoms with Gasteiger partial charge in [-0.2, -0.15) is 0 Å². The van der Waals surface area contributed by atoms with Crippen molar-refractivity contribution in [1.82, 2.24) is 0 Å². The molecule has 50 valence electrons. The molecule has 9 heavy (non-hydrogen) atoms. The molecule has 1 atom stereocenters.